The zero-order valence-corrected chi connectivity index (χ0v) is 26.3. The van der Waals surface area contributed by atoms with E-state index in [1.807, 2.05) is 0 Å². The highest BCUT2D eigenvalue weighted by Crippen LogP contribution is 2.58. The lowest BCUT2D eigenvalue weighted by atomic mass is 9.67. The molecule has 0 N–H and O–H groups in total. The molecule has 0 amide bonds. The van der Waals surface area contributed by atoms with Crippen LogP contribution < -0.4 is 10.4 Å². The van der Waals surface area contributed by atoms with Crippen molar-refractivity contribution in [2.45, 2.75) is 12.3 Å². The van der Waals surface area contributed by atoms with Crippen molar-refractivity contribution >= 4 is 33.6 Å². The van der Waals surface area contributed by atoms with E-state index in [-0.39, 0.29) is 0 Å². The molecule has 9 rings (SSSR count). The van der Waals surface area contributed by atoms with E-state index >= 15 is 0 Å². The monoisotopic (exact) mass is 599 g/mol. The second-order valence-electron chi connectivity index (χ2n) is 12.5. The van der Waals surface area contributed by atoms with E-state index in [0.29, 0.717) is 0 Å². The zero-order valence-electron chi connectivity index (χ0n) is 26.3. The molecule has 0 aliphatic heterocycles. The van der Waals surface area contributed by atoms with Gasteiger partial charge in [0.2, 0.25) is 0 Å². The van der Waals surface area contributed by atoms with Crippen LogP contribution in [0.3, 0.4) is 0 Å². The Labute approximate surface area is 275 Å². The van der Waals surface area contributed by atoms with Crippen LogP contribution in [0.25, 0.3) is 44.7 Å². The Balaban J connectivity index is 1.46. The predicted octanol–water partition coefficient (Wildman–Crippen LogP) is 9.66. The number of benzene rings is 7. The maximum absolute atomic E-state index is 2.46. The average Bonchev–Trinajstić information content (AvgIpc) is 3.63. The molecule has 47 heavy (non-hydrogen) atoms. The first-order valence-corrected chi connectivity index (χ1v) is 16.4. The van der Waals surface area contributed by atoms with Crippen molar-refractivity contribution in [1.29, 1.82) is 0 Å². The molecule has 1 heterocycles. The predicted molar refractivity (Wildman–Crippen MR) is 197 cm³/mol. The van der Waals surface area contributed by atoms with Gasteiger partial charge in [-0.15, -0.1) is 0 Å². The van der Waals surface area contributed by atoms with Crippen molar-refractivity contribution in [3.05, 3.63) is 214 Å². The topological polar surface area (TPSA) is 4.93 Å². The van der Waals surface area contributed by atoms with E-state index < -0.39 is 5.41 Å². The third kappa shape index (κ3) is 4.03. The Bertz CT molecular complexity index is 2520. The Hall–Kier alpha value is -5.92. The van der Waals surface area contributed by atoms with Crippen LogP contribution in [0.2, 0.25) is 0 Å². The summed E-state index contributed by atoms with van der Waals surface area (Å²) in [6.45, 7) is 2.23. The summed E-state index contributed by atoms with van der Waals surface area (Å²) in [6, 6.07) is 64.3. The summed E-state index contributed by atoms with van der Waals surface area (Å²) in [6.07, 6.45) is 2.36. The van der Waals surface area contributed by atoms with Gasteiger partial charge in [-0.3, -0.25) is 0 Å². The van der Waals surface area contributed by atoms with Gasteiger partial charge in [0.05, 0.1) is 16.4 Å². The summed E-state index contributed by atoms with van der Waals surface area (Å²) < 4.78 is 2.46. The number of hydrogen-bond acceptors (Lipinski definition) is 0. The van der Waals surface area contributed by atoms with Crippen LogP contribution in [0.5, 0.6) is 0 Å². The average molecular weight is 600 g/mol. The first-order chi connectivity index (χ1) is 23.3. The number of rotatable bonds is 4. The molecule has 0 saturated carbocycles. The van der Waals surface area contributed by atoms with Gasteiger partial charge in [-0.1, -0.05) is 170 Å². The third-order valence-corrected chi connectivity index (χ3v) is 10.1. The summed E-state index contributed by atoms with van der Waals surface area (Å²) in [4.78, 5) is 0. The molecule has 0 spiro atoms. The lowest BCUT2D eigenvalue weighted by Gasteiger charge is -2.33. The number of aromatic nitrogens is 1. The maximum atomic E-state index is 2.46. The summed E-state index contributed by atoms with van der Waals surface area (Å²) in [7, 11) is 0. The van der Waals surface area contributed by atoms with Gasteiger partial charge in [-0.25, -0.2) is 0 Å². The number of fused-ring (bicyclic) bond motifs is 7. The Kier molecular flexibility index (Phi) is 6.33. The molecule has 0 saturated heterocycles. The molecule has 1 aliphatic rings. The van der Waals surface area contributed by atoms with Crippen LogP contribution in [0.4, 0.5) is 0 Å². The van der Waals surface area contributed by atoms with Crippen LogP contribution in [0, 0.1) is 0 Å². The molecule has 1 heteroatoms. The van der Waals surface area contributed by atoms with E-state index in [0.717, 1.165) is 0 Å². The maximum Gasteiger partial charge on any atom is 0.0714 e. The van der Waals surface area contributed by atoms with E-state index in [9.17, 15) is 0 Å². The quantitative estimate of drug-likeness (QED) is 0.190. The molecule has 1 aliphatic carbocycles. The third-order valence-electron chi connectivity index (χ3n) is 10.1. The number of para-hydroxylation sites is 1. The minimum absolute atomic E-state index is 0.445. The highest BCUT2D eigenvalue weighted by Gasteiger charge is 2.47. The summed E-state index contributed by atoms with van der Waals surface area (Å²) in [5.74, 6) is 0. The minimum atomic E-state index is -0.445. The van der Waals surface area contributed by atoms with Gasteiger partial charge in [0.1, 0.15) is 0 Å². The molecule has 222 valence electrons. The number of nitrogens with zero attached hydrogens (tertiary/aromatic N) is 1. The largest absolute Gasteiger partial charge is 0.315 e. The van der Waals surface area contributed by atoms with Crippen LogP contribution in [-0.4, -0.2) is 4.57 Å². The van der Waals surface area contributed by atoms with Gasteiger partial charge in [0.25, 0.3) is 0 Å². The van der Waals surface area contributed by atoms with Crippen molar-refractivity contribution in [2.24, 2.45) is 0 Å². The molecule has 1 nitrogen and oxygen atoms in total. The van der Waals surface area contributed by atoms with E-state index in [4.69, 9.17) is 0 Å². The molecule has 1 aromatic heterocycles. The van der Waals surface area contributed by atoms with Gasteiger partial charge >= 0.3 is 0 Å². The van der Waals surface area contributed by atoms with Crippen molar-refractivity contribution in [3.63, 3.8) is 0 Å². The molecule has 8 aromatic rings. The Morgan fingerprint density at radius 2 is 1.11 bits per heavy atom. The standard InChI is InChI=1S/C46H33N/c1-32(33-17-5-2-6-18-33)37-24-12-11-19-34(37)31-47-43-28-16-14-25-38(43)39-29-30-42-44(45(39)47)40-26-13-15-27-41(40)46(42,35-20-7-3-8-21-35)36-22-9-4-10-23-36/h2-31H,1H3/b34-31+,37-32+. The van der Waals surface area contributed by atoms with Gasteiger partial charge in [-0.05, 0) is 62.4 Å². The highest BCUT2D eigenvalue weighted by molar-refractivity contribution is 6.16. The van der Waals surface area contributed by atoms with Crippen LogP contribution in [0.1, 0.15) is 34.7 Å². The first kappa shape index (κ1) is 27.4. The molecular formula is C46H33N. The zero-order chi connectivity index (χ0) is 31.4. The molecule has 0 atom stereocenters. The van der Waals surface area contributed by atoms with Gasteiger partial charge in [-0.2, -0.15) is 0 Å². The fourth-order valence-corrected chi connectivity index (χ4v) is 8.08. The van der Waals surface area contributed by atoms with Crippen molar-refractivity contribution in [2.75, 3.05) is 0 Å². The Morgan fingerprint density at radius 3 is 1.85 bits per heavy atom. The fourth-order valence-electron chi connectivity index (χ4n) is 8.08. The van der Waals surface area contributed by atoms with Gasteiger partial charge in [0.15, 0.2) is 0 Å². The van der Waals surface area contributed by atoms with Crippen molar-refractivity contribution in [3.8, 4) is 11.1 Å². The minimum Gasteiger partial charge on any atom is -0.315 e. The van der Waals surface area contributed by atoms with E-state index in [1.165, 1.54) is 76.8 Å². The van der Waals surface area contributed by atoms with Gasteiger partial charge in [0, 0.05) is 22.5 Å². The molecule has 0 unspecified atom stereocenters. The lowest BCUT2D eigenvalue weighted by molar-refractivity contribution is 0.769. The molecular weight excluding hydrogens is 567 g/mol. The summed E-state index contributed by atoms with van der Waals surface area (Å²) in [5.41, 5.74) is 12.3. The lowest BCUT2D eigenvalue weighted by Crippen LogP contribution is -2.28. The van der Waals surface area contributed by atoms with Crippen LogP contribution >= 0.6 is 0 Å². The Morgan fingerprint density at radius 1 is 0.511 bits per heavy atom. The van der Waals surface area contributed by atoms with Crippen LogP contribution in [0.15, 0.2) is 176 Å². The smallest absolute Gasteiger partial charge is 0.0714 e. The van der Waals surface area contributed by atoms with E-state index in [1.54, 1.807) is 0 Å². The SMILES string of the molecule is C/C(c1ccccc1)=c1/cccc/c1=C\n1c2ccccc2c2ccc3c(c21)-c1ccccc1C3(c1ccccc1)c1ccccc1. The second-order valence-corrected chi connectivity index (χ2v) is 12.5. The highest BCUT2D eigenvalue weighted by atomic mass is 15.0. The first-order valence-electron chi connectivity index (χ1n) is 16.4. The fraction of sp³-hybridized carbons (Fsp3) is 0.0435. The molecule has 7 aromatic carbocycles. The van der Waals surface area contributed by atoms with Crippen LogP contribution in [-0.2, 0) is 5.41 Å². The van der Waals surface area contributed by atoms with E-state index in [2.05, 4.69) is 194 Å². The summed E-state index contributed by atoms with van der Waals surface area (Å²) >= 11 is 0. The normalized spacial score (nSPS) is 14.3. The second kappa shape index (κ2) is 10.9. The number of hydrogen-bond donors (Lipinski definition) is 0. The molecule has 0 radical (unpaired) electrons. The van der Waals surface area contributed by atoms with Gasteiger partial charge < -0.3 is 4.57 Å². The summed E-state index contributed by atoms with van der Waals surface area (Å²) in [5, 5.41) is 4.96. The molecule has 0 fully saturated rings. The van der Waals surface area contributed by atoms with Crippen molar-refractivity contribution < 1.29 is 0 Å². The molecule has 0 bridgehead atoms. The van der Waals surface area contributed by atoms with Crippen molar-refractivity contribution in [1.82, 2.24) is 4.57 Å².